The smallest absolute Gasteiger partial charge is 0.272 e. The molecular formula is C17H27N5O3S. The van der Waals surface area contributed by atoms with E-state index in [1.165, 1.54) is 20.5 Å². The highest BCUT2D eigenvalue weighted by Crippen LogP contribution is 2.31. The Kier molecular flexibility index (Phi) is 6.80. The Bertz CT molecular complexity index is 812. The van der Waals surface area contributed by atoms with Gasteiger partial charge in [-0.1, -0.05) is 32.5 Å². The lowest BCUT2D eigenvalue weighted by Gasteiger charge is -2.30. The highest BCUT2D eigenvalue weighted by Gasteiger charge is 2.27. The highest BCUT2D eigenvalue weighted by molar-refractivity contribution is 7.99. The lowest BCUT2D eigenvalue weighted by Crippen LogP contribution is -2.39. The molecule has 1 aromatic heterocycles. The van der Waals surface area contributed by atoms with Crippen LogP contribution in [-0.4, -0.2) is 31.7 Å². The van der Waals surface area contributed by atoms with Crippen LogP contribution in [0.1, 0.15) is 40.0 Å². The Labute approximate surface area is 157 Å². The summed E-state index contributed by atoms with van der Waals surface area (Å²) >= 11 is 1.00. The Hall–Kier alpha value is -1.90. The fourth-order valence-corrected chi connectivity index (χ4v) is 3.92. The molecule has 1 N–H and O–H groups in total. The number of hydrogen-bond acceptors (Lipinski definition) is 6. The van der Waals surface area contributed by atoms with Gasteiger partial charge in [-0.15, -0.1) is 0 Å². The van der Waals surface area contributed by atoms with Gasteiger partial charge in [0.25, 0.3) is 5.56 Å². The fraction of sp³-hybridized carbons (Fsp3) is 0.706. The number of hydrogen-bond donors (Lipinski definition) is 1. The molecule has 0 radical (unpaired) electrons. The summed E-state index contributed by atoms with van der Waals surface area (Å²) in [5.74, 6) is 1.19. The van der Waals surface area contributed by atoms with Gasteiger partial charge < -0.3 is 0 Å². The maximum absolute atomic E-state index is 12.1. The monoisotopic (exact) mass is 381 g/mol. The van der Waals surface area contributed by atoms with E-state index in [1.807, 2.05) is 0 Å². The molecule has 0 bridgehead atoms. The van der Waals surface area contributed by atoms with E-state index in [4.69, 9.17) is 0 Å². The highest BCUT2D eigenvalue weighted by atomic mass is 32.2. The lowest BCUT2D eigenvalue weighted by molar-refractivity contribution is -0.118. The standard InChI is InChI=1S/C17H27N5O3S/c1-10(2)12-7-6-11(3)8-13(12)18-19-14(23)9-26-15-16(24)21(4)17(25)22(5)20-15/h10-12H,6-9H2,1-5H3,(H,19,23)/b18-13-/t11-,12+/m0/s1. The van der Waals surface area contributed by atoms with Crippen molar-refractivity contribution < 1.29 is 4.79 Å². The molecule has 144 valence electrons. The van der Waals surface area contributed by atoms with Crippen molar-refractivity contribution in [2.75, 3.05) is 5.75 Å². The van der Waals surface area contributed by atoms with E-state index in [9.17, 15) is 14.4 Å². The predicted octanol–water partition coefficient (Wildman–Crippen LogP) is 1.14. The molecule has 1 saturated carbocycles. The first kappa shape index (κ1) is 20.4. The molecule has 0 aromatic carbocycles. The van der Waals surface area contributed by atoms with E-state index < -0.39 is 11.2 Å². The number of amides is 1. The van der Waals surface area contributed by atoms with Crippen molar-refractivity contribution in [1.29, 1.82) is 0 Å². The van der Waals surface area contributed by atoms with E-state index in [1.54, 1.807) is 0 Å². The normalized spacial score (nSPS) is 22.0. The first-order valence-electron chi connectivity index (χ1n) is 8.83. The number of aromatic nitrogens is 3. The van der Waals surface area contributed by atoms with Crippen LogP contribution in [0.2, 0.25) is 0 Å². The summed E-state index contributed by atoms with van der Waals surface area (Å²) in [6, 6.07) is 0. The van der Waals surface area contributed by atoms with Crippen molar-refractivity contribution in [2.45, 2.75) is 45.1 Å². The molecule has 1 amide bonds. The van der Waals surface area contributed by atoms with Crippen LogP contribution in [-0.2, 0) is 18.9 Å². The minimum absolute atomic E-state index is 0.0130. The number of rotatable bonds is 5. The first-order chi connectivity index (χ1) is 12.2. The zero-order valence-corrected chi connectivity index (χ0v) is 16.8. The van der Waals surface area contributed by atoms with E-state index in [0.29, 0.717) is 17.8 Å². The van der Waals surface area contributed by atoms with Crippen LogP contribution in [0, 0.1) is 17.8 Å². The van der Waals surface area contributed by atoms with Gasteiger partial charge in [0.05, 0.1) is 5.75 Å². The Balaban J connectivity index is 2.01. The number of aryl methyl sites for hydroxylation is 1. The second kappa shape index (κ2) is 8.66. The number of nitrogens with one attached hydrogen (secondary N) is 1. The van der Waals surface area contributed by atoms with Crippen LogP contribution < -0.4 is 16.7 Å². The second-order valence-electron chi connectivity index (χ2n) is 7.24. The summed E-state index contributed by atoms with van der Waals surface area (Å²) < 4.78 is 2.06. The molecule has 0 spiro atoms. The zero-order chi connectivity index (χ0) is 19.4. The van der Waals surface area contributed by atoms with Crippen molar-refractivity contribution >= 4 is 23.4 Å². The molecule has 0 saturated heterocycles. The fourth-order valence-electron chi connectivity index (χ4n) is 3.15. The minimum Gasteiger partial charge on any atom is -0.272 e. The van der Waals surface area contributed by atoms with Crippen LogP contribution in [0.15, 0.2) is 19.7 Å². The summed E-state index contributed by atoms with van der Waals surface area (Å²) in [6.07, 6.45) is 3.19. The molecule has 8 nitrogen and oxygen atoms in total. The molecule has 9 heteroatoms. The third-order valence-electron chi connectivity index (χ3n) is 4.72. The number of carbonyl (C=O) groups is 1. The summed E-state index contributed by atoms with van der Waals surface area (Å²) in [7, 11) is 2.85. The third-order valence-corrected chi connectivity index (χ3v) is 5.65. The number of thioether (sulfide) groups is 1. The zero-order valence-electron chi connectivity index (χ0n) is 16.0. The van der Waals surface area contributed by atoms with Crippen LogP contribution in [0.3, 0.4) is 0 Å². The van der Waals surface area contributed by atoms with Gasteiger partial charge in [-0.3, -0.25) is 14.2 Å². The SMILES string of the molecule is CC(C)[C@H]1CC[C@H](C)C/C1=N/NC(=O)CSc1nn(C)c(=O)n(C)c1=O. The van der Waals surface area contributed by atoms with E-state index in [0.717, 1.165) is 39.6 Å². The van der Waals surface area contributed by atoms with E-state index in [2.05, 4.69) is 36.4 Å². The second-order valence-corrected chi connectivity index (χ2v) is 8.20. The molecule has 1 aliphatic rings. The molecule has 0 aliphatic heterocycles. The maximum Gasteiger partial charge on any atom is 0.346 e. The van der Waals surface area contributed by atoms with Crippen molar-refractivity contribution in [3.63, 3.8) is 0 Å². The van der Waals surface area contributed by atoms with Gasteiger partial charge in [0, 0.05) is 25.7 Å². The number of hydrazone groups is 1. The Morgan fingerprint density at radius 3 is 2.69 bits per heavy atom. The Morgan fingerprint density at radius 1 is 1.35 bits per heavy atom. The largest absolute Gasteiger partial charge is 0.346 e. The molecule has 1 heterocycles. The topological polar surface area (TPSA) is 98.3 Å². The van der Waals surface area contributed by atoms with Gasteiger partial charge in [0.15, 0.2) is 5.03 Å². The summed E-state index contributed by atoms with van der Waals surface area (Å²) in [5, 5.41) is 8.40. The third kappa shape index (κ3) is 4.84. The van der Waals surface area contributed by atoms with Gasteiger partial charge in [-0.2, -0.15) is 10.2 Å². The van der Waals surface area contributed by atoms with Gasteiger partial charge in [-0.25, -0.2) is 14.9 Å². The predicted molar refractivity (Wildman–Crippen MR) is 102 cm³/mol. The van der Waals surface area contributed by atoms with Gasteiger partial charge in [0.2, 0.25) is 5.91 Å². The molecule has 1 aliphatic carbocycles. The maximum atomic E-state index is 12.1. The molecule has 2 rings (SSSR count). The molecular weight excluding hydrogens is 354 g/mol. The molecule has 0 unspecified atom stereocenters. The first-order valence-corrected chi connectivity index (χ1v) is 9.81. The van der Waals surface area contributed by atoms with Crippen molar-refractivity contribution in [3.05, 3.63) is 20.8 Å². The Morgan fingerprint density at radius 2 is 2.04 bits per heavy atom. The molecule has 26 heavy (non-hydrogen) atoms. The van der Waals surface area contributed by atoms with Crippen LogP contribution >= 0.6 is 11.8 Å². The van der Waals surface area contributed by atoms with Crippen LogP contribution in [0.4, 0.5) is 0 Å². The van der Waals surface area contributed by atoms with E-state index >= 15 is 0 Å². The van der Waals surface area contributed by atoms with Crippen LogP contribution in [0.5, 0.6) is 0 Å². The lowest BCUT2D eigenvalue weighted by atomic mass is 9.76. The average molecular weight is 382 g/mol. The summed E-state index contributed by atoms with van der Waals surface area (Å²) in [4.78, 5) is 35.8. The van der Waals surface area contributed by atoms with Crippen molar-refractivity contribution in [1.82, 2.24) is 19.8 Å². The average Bonchev–Trinajstić information content (AvgIpc) is 2.59. The van der Waals surface area contributed by atoms with Gasteiger partial charge in [0.1, 0.15) is 0 Å². The van der Waals surface area contributed by atoms with Crippen molar-refractivity contribution in [2.24, 2.45) is 37.0 Å². The number of nitrogens with zero attached hydrogens (tertiary/aromatic N) is 4. The quantitative estimate of drug-likeness (QED) is 0.609. The summed E-state index contributed by atoms with van der Waals surface area (Å²) in [5.41, 5.74) is 2.66. The van der Waals surface area contributed by atoms with E-state index in [-0.39, 0.29) is 16.7 Å². The molecule has 1 fully saturated rings. The minimum atomic E-state index is -0.502. The summed E-state index contributed by atoms with van der Waals surface area (Å²) in [6.45, 7) is 6.55. The van der Waals surface area contributed by atoms with Crippen molar-refractivity contribution in [3.8, 4) is 0 Å². The number of carbonyl (C=O) groups excluding carboxylic acids is 1. The van der Waals surface area contributed by atoms with Gasteiger partial charge >= 0.3 is 5.69 Å². The molecule has 2 atom stereocenters. The molecule has 1 aromatic rings. The van der Waals surface area contributed by atoms with Crippen LogP contribution in [0.25, 0.3) is 0 Å². The van der Waals surface area contributed by atoms with Gasteiger partial charge in [-0.05, 0) is 31.1 Å².